The molecule has 19 heavy (non-hydrogen) atoms. The van der Waals surface area contributed by atoms with E-state index in [-0.39, 0.29) is 0 Å². The monoisotopic (exact) mass is 275 g/mol. The van der Waals surface area contributed by atoms with Gasteiger partial charge < -0.3 is 9.73 Å². The van der Waals surface area contributed by atoms with E-state index in [0.29, 0.717) is 5.82 Å². The predicted molar refractivity (Wildman–Crippen MR) is 78.3 cm³/mol. The average Bonchev–Trinajstić information content (AvgIpc) is 3.07. The number of aromatic nitrogens is 2. The molecular weight excluding hydrogens is 258 g/mol. The Labute approximate surface area is 117 Å². The third-order valence-electron chi connectivity index (χ3n) is 3.15. The van der Waals surface area contributed by atoms with Gasteiger partial charge in [0, 0.05) is 30.0 Å². The summed E-state index contributed by atoms with van der Waals surface area (Å²) >= 11 is 1.88. The lowest BCUT2D eigenvalue weighted by molar-refractivity contribution is 0.525. The molecule has 0 bridgehead atoms. The summed E-state index contributed by atoms with van der Waals surface area (Å²) in [5, 5.41) is 3.33. The summed E-state index contributed by atoms with van der Waals surface area (Å²) in [6.45, 7) is 5.02. The first-order valence-corrected chi connectivity index (χ1v) is 7.77. The molecule has 0 saturated carbocycles. The molecule has 0 aliphatic carbocycles. The summed E-state index contributed by atoms with van der Waals surface area (Å²) in [5.41, 5.74) is 2.39. The number of nitrogens with zero attached hydrogens (tertiary/aromatic N) is 2. The lowest BCUT2D eigenvalue weighted by Crippen LogP contribution is -2.06. The van der Waals surface area contributed by atoms with Crippen LogP contribution in [-0.4, -0.2) is 16.5 Å². The van der Waals surface area contributed by atoms with Crippen LogP contribution in [0.3, 0.4) is 0 Å². The molecule has 0 aromatic carbocycles. The number of nitrogens with one attached hydrogen (secondary N) is 1. The highest BCUT2D eigenvalue weighted by Gasteiger charge is 2.21. The zero-order valence-electron chi connectivity index (χ0n) is 11.2. The van der Waals surface area contributed by atoms with Crippen LogP contribution in [0.5, 0.6) is 0 Å². The highest BCUT2D eigenvalue weighted by molar-refractivity contribution is 7.98. The maximum absolute atomic E-state index is 5.75. The fourth-order valence-corrected chi connectivity index (χ4v) is 3.20. The van der Waals surface area contributed by atoms with Crippen LogP contribution in [0, 0.1) is 0 Å². The Kier molecular flexibility index (Phi) is 3.46. The van der Waals surface area contributed by atoms with Crippen LogP contribution in [0.1, 0.15) is 30.9 Å². The number of aryl methyl sites for hydroxylation is 1. The van der Waals surface area contributed by atoms with Crippen LogP contribution in [0.4, 0.5) is 5.82 Å². The van der Waals surface area contributed by atoms with Gasteiger partial charge in [-0.05, 0) is 19.1 Å². The van der Waals surface area contributed by atoms with Crippen LogP contribution in [0.15, 0.2) is 16.5 Å². The molecule has 0 amide bonds. The van der Waals surface area contributed by atoms with Gasteiger partial charge in [0.1, 0.15) is 11.6 Å². The molecular formula is C14H17N3OS. The number of fused-ring (bicyclic) bond motifs is 1. The van der Waals surface area contributed by atoms with E-state index in [0.717, 1.165) is 47.5 Å². The number of furan rings is 1. The summed E-state index contributed by atoms with van der Waals surface area (Å²) in [6.07, 6.45) is 0.890. The molecule has 0 atom stereocenters. The maximum Gasteiger partial charge on any atom is 0.197 e. The molecule has 0 spiro atoms. The zero-order chi connectivity index (χ0) is 13.2. The van der Waals surface area contributed by atoms with Crippen molar-refractivity contribution in [1.82, 2.24) is 9.97 Å². The van der Waals surface area contributed by atoms with Gasteiger partial charge in [0.2, 0.25) is 0 Å². The number of thioether (sulfide) groups is 1. The first-order chi connectivity index (χ1) is 9.31. The van der Waals surface area contributed by atoms with Gasteiger partial charge in [-0.25, -0.2) is 9.97 Å². The molecule has 0 unspecified atom stereocenters. The summed E-state index contributed by atoms with van der Waals surface area (Å²) < 4.78 is 5.75. The van der Waals surface area contributed by atoms with E-state index in [4.69, 9.17) is 4.42 Å². The quantitative estimate of drug-likeness (QED) is 0.925. The Morgan fingerprint density at radius 3 is 2.89 bits per heavy atom. The fraction of sp³-hybridized carbons (Fsp3) is 0.429. The topological polar surface area (TPSA) is 51.0 Å². The highest BCUT2D eigenvalue weighted by Crippen LogP contribution is 2.34. The number of rotatable bonds is 4. The SMILES string of the molecule is CCNc1nc(-c2ccc(CC)o2)nc2c1CSC2. The van der Waals surface area contributed by atoms with Crippen molar-refractivity contribution in [3.05, 3.63) is 29.2 Å². The van der Waals surface area contributed by atoms with Gasteiger partial charge in [-0.15, -0.1) is 0 Å². The molecule has 1 aliphatic rings. The third-order valence-corrected chi connectivity index (χ3v) is 4.12. The first kappa shape index (κ1) is 12.5. The number of hydrogen-bond donors (Lipinski definition) is 1. The van der Waals surface area contributed by atoms with E-state index < -0.39 is 0 Å². The second-order valence-electron chi connectivity index (χ2n) is 4.46. The highest BCUT2D eigenvalue weighted by atomic mass is 32.2. The van der Waals surface area contributed by atoms with Gasteiger partial charge in [0.25, 0.3) is 0 Å². The van der Waals surface area contributed by atoms with E-state index in [2.05, 4.69) is 29.1 Å². The molecule has 3 rings (SSSR count). The summed E-state index contributed by atoms with van der Waals surface area (Å²) in [6, 6.07) is 3.95. The van der Waals surface area contributed by atoms with Crippen molar-refractivity contribution in [3.63, 3.8) is 0 Å². The molecule has 2 aromatic heterocycles. The Bertz CT molecular complexity index is 594. The Balaban J connectivity index is 2.04. The maximum atomic E-state index is 5.75. The van der Waals surface area contributed by atoms with Crippen LogP contribution in [-0.2, 0) is 17.9 Å². The molecule has 0 fully saturated rings. The fourth-order valence-electron chi connectivity index (χ4n) is 2.16. The van der Waals surface area contributed by atoms with E-state index in [9.17, 15) is 0 Å². The van der Waals surface area contributed by atoms with Crippen molar-refractivity contribution >= 4 is 17.6 Å². The van der Waals surface area contributed by atoms with E-state index >= 15 is 0 Å². The first-order valence-electron chi connectivity index (χ1n) is 6.62. The normalized spacial score (nSPS) is 13.6. The molecule has 1 N–H and O–H groups in total. The second-order valence-corrected chi connectivity index (χ2v) is 5.45. The number of hydrogen-bond acceptors (Lipinski definition) is 5. The van der Waals surface area contributed by atoms with Gasteiger partial charge in [-0.3, -0.25) is 0 Å². The Hall–Kier alpha value is -1.49. The van der Waals surface area contributed by atoms with Gasteiger partial charge in [-0.1, -0.05) is 6.92 Å². The van der Waals surface area contributed by atoms with Crippen molar-refractivity contribution in [2.24, 2.45) is 0 Å². The van der Waals surface area contributed by atoms with Crippen molar-refractivity contribution in [2.45, 2.75) is 31.8 Å². The van der Waals surface area contributed by atoms with Crippen molar-refractivity contribution < 1.29 is 4.42 Å². The van der Waals surface area contributed by atoms with Gasteiger partial charge in [0.15, 0.2) is 11.6 Å². The van der Waals surface area contributed by atoms with Crippen LogP contribution >= 0.6 is 11.8 Å². The van der Waals surface area contributed by atoms with Crippen molar-refractivity contribution in [3.8, 4) is 11.6 Å². The largest absolute Gasteiger partial charge is 0.458 e. The second kappa shape index (κ2) is 5.25. The van der Waals surface area contributed by atoms with Crippen LogP contribution in [0.2, 0.25) is 0 Å². The number of anilines is 1. The van der Waals surface area contributed by atoms with E-state index in [1.807, 2.05) is 23.9 Å². The van der Waals surface area contributed by atoms with Gasteiger partial charge in [-0.2, -0.15) is 11.8 Å². The third kappa shape index (κ3) is 2.34. The van der Waals surface area contributed by atoms with Crippen LogP contribution in [0.25, 0.3) is 11.6 Å². The van der Waals surface area contributed by atoms with Crippen molar-refractivity contribution in [2.75, 3.05) is 11.9 Å². The Morgan fingerprint density at radius 1 is 1.26 bits per heavy atom. The summed E-state index contributed by atoms with van der Waals surface area (Å²) in [4.78, 5) is 9.27. The van der Waals surface area contributed by atoms with Gasteiger partial charge >= 0.3 is 0 Å². The van der Waals surface area contributed by atoms with Gasteiger partial charge in [0.05, 0.1) is 5.69 Å². The molecule has 4 nitrogen and oxygen atoms in total. The molecule has 5 heteroatoms. The van der Waals surface area contributed by atoms with E-state index in [1.165, 1.54) is 5.56 Å². The smallest absolute Gasteiger partial charge is 0.197 e. The lowest BCUT2D eigenvalue weighted by Gasteiger charge is -2.09. The average molecular weight is 275 g/mol. The van der Waals surface area contributed by atoms with Crippen LogP contribution < -0.4 is 5.32 Å². The predicted octanol–water partition coefficient (Wildman–Crippen LogP) is 3.48. The summed E-state index contributed by atoms with van der Waals surface area (Å²) in [5.74, 6) is 5.34. The summed E-state index contributed by atoms with van der Waals surface area (Å²) in [7, 11) is 0. The molecule has 3 heterocycles. The molecule has 100 valence electrons. The minimum absolute atomic E-state index is 0.692. The molecule has 0 radical (unpaired) electrons. The lowest BCUT2D eigenvalue weighted by atomic mass is 10.2. The zero-order valence-corrected chi connectivity index (χ0v) is 12.0. The standard InChI is InChI=1S/C14H17N3OS/c1-3-9-5-6-12(18-9)14-16-11-8-19-7-10(11)13(17-14)15-4-2/h5-6H,3-4,7-8H2,1-2H3,(H,15,16,17). The molecule has 2 aromatic rings. The Morgan fingerprint density at radius 2 is 2.16 bits per heavy atom. The van der Waals surface area contributed by atoms with E-state index in [1.54, 1.807) is 0 Å². The minimum Gasteiger partial charge on any atom is -0.458 e. The molecule has 0 saturated heterocycles. The minimum atomic E-state index is 0.692. The molecule has 1 aliphatic heterocycles. The van der Waals surface area contributed by atoms with Crippen molar-refractivity contribution in [1.29, 1.82) is 0 Å².